The number of hydrogen-bond donors (Lipinski definition) is 1. The van der Waals surface area contributed by atoms with E-state index in [1.54, 1.807) is 31.1 Å². The molecule has 0 aromatic heterocycles. The first-order chi connectivity index (χ1) is 15.3. The van der Waals surface area contributed by atoms with Crippen LogP contribution in [-0.4, -0.2) is 42.2 Å². The molecule has 0 aliphatic carbocycles. The van der Waals surface area contributed by atoms with Crippen molar-refractivity contribution in [3.8, 4) is 5.75 Å². The topological polar surface area (TPSA) is 58.6 Å². The number of thioether (sulfide) groups is 1. The fraction of sp³-hybridized carbons (Fsp3) is 0.417. The molecule has 0 fully saturated rings. The highest BCUT2D eigenvalue weighted by Gasteiger charge is 2.25. The van der Waals surface area contributed by atoms with E-state index < -0.39 is 6.04 Å². The van der Waals surface area contributed by atoms with Gasteiger partial charge in [0.25, 0.3) is 0 Å². The van der Waals surface area contributed by atoms with E-state index in [-0.39, 0.29) is 17.6 Å². The molecular weight excluding hydrogens is 467 g/mol. The Balaban J connectivity index is 2.05. The SMILES string of the molecule is CCCCNC(=O)C(C)N(Cc1ccc(OC)cc1)C(=O)CSCc1ccc(Cl)c(Cl)c1. The lowest BCUT2D eigenvalue weighted by atomic mass is 10.1. The molecule has 0 heterocycles. The number of unbranched alkanes of at least 4 members (excludes halogenated alkanes) is 1. The van der Waals surface area contributed by atoms with Gasteiger partial charge < -0.3 is 15.0 Å². The van der Waals surface area contributed by atoms with Crippen LogP contribution in [0.15, 0.2) is 42.5 Å². The van der Waals surface area contributed by atoms with Gasteiger partial charge in [-0.25, -0.2) is 0 Å². The minimum atomic E-state index is -0.577. The number of benzene rings is 2. The zero-order valence-electron chi connectivity index (χ0n) is 18.7. The molecular formula is C24H30Cl2N2O3S. The summed E-state index contributed by atoms with van der Waals surface area (Å²) in [6.45, 7) is 4.79. The van der Waals surface area contributed by atoms with E-state index >= 15 is 0 Å². The van der Waals surface area contributed by atoms with Crippen LogP contribution in [0.5, 0.6) is 5.75 Å². The first-order valence-corrected chi connectivity index (χ1v) is 12.5. The van der Waals surface area contributed by atoms with Crippen molar-refractivity contribution in [1.82, 2.24) is 10.2 Å². The van der Waals surface area contributed by atoms with Crippen LogP contribution in [0.1, 0.15) is 37.8 Å². The van der Waals surface area contributed by atoms with Gasteiger partial charge in [-0.2, -0.15) is 0 Å². The Morgan fingerprint density at radius 1 is 1.09 bits per heavy atom. The third-order valence-electron chi connectivity index (χ3n) is 4.99. The third kappa shape index (κ3) is 8.23. The molecule has 0 saturated heterocycles. The van der Waals surface area contributed by atoms with Crippen molar-refractivity contribution in [3.63, 3.8) is 0 Å². The van der Waals surface area contributed by atoms with Crippen molar-refractivity contribution in [1.29, 1.82) is 0 Å². The van der Waals surface area contributed by atoms with Crippen LogP contribution in [0.3, 0.4) is 0 Å². The highest BCUT2D eigenvalue weighted by molar-refractivity contribution is 7.99. The number of nitrogens with one attached hydrogen (secondary N) is 1. The Labute approximate surface area is 204 Å². The zero-order chi connectivity index (χ0) is 23.5. The number of methoxy groups -OCH3 is 1. The maximum atomic E-state index is 13.1. The third-order valence-corrected chi connectivity index (χ3v) is 6.71. The Morgan fingerprint density at radius 3 is 2.41 bits per heavy atom. The number of amides is 2. The van der Waals surface area contributed by atoms with Crippen molar-refractivity contribution < 1.29 is 14.3 Å². The fourth-order valence-electron chi connectivity index (χ4n) is 3.01. The second-order valence-corrected chi connectivity index (χ2v) is 9.23. The van der Waals surface area contributed by atoms with E-state index in [0.29, 0.717) is 28.9 Å². The van der Waals surface area contributed by atoms with Gasteiger partial charge in [0.15, 0.2) is 0 Å². The molecule has 2 aromatic carbocycles. The van der Waals surface area contributed by atoms with Crippen LogP contribution in [0.25, 0.3) is 0 Å². The molecule has 2 rings (SSSR count). The molecule has 0 aliphatic rings. The molecule has 1 N–H and O–H groups in total. The van der Waals surface area contributed by atoms with E-state index in [1.165, 1.54) is 11.8 Å². The summed E-state index contributed by atoms with van der Waals surface area (Å²) in [5.74, 6) is 1.38. The normalized spacial score (nSPS) is 11.7. The molecule has 0 bridgehead atoms. The van der Waals surface area contributed by atoms with E-state index in [9.17, 15) is 9.59 Å². The monoisotopic (exact) mass is 496 g/mol. The summed E-state index contributed by atoms with van der Waals surface area (Å²) in [6, 6.07) is 12.4. The highest BCUT2D eigenvalue weighted by Crippen LogP contribution is 2.25. The van der Waals surface area contributed by atoms with Gasteiger partial charge in [-0.1, -0.05) is 54.7 Å². The molecule has 0 radical (unpaired) electrons. The number of carbonyl (C=O) groups is 2. The summed E-state index contributed by atoms with van der Waals surface area (Å²) in [7, 11) is 1.61. The number of hydrogen-bond acceptors (Lipinski definition) is 4. The predicted molar refractivity (Wildman–Crippen MR) is 134 cm³/mol. The van der Waals surface area contributed by atoms with Gasteiger partial charge in [-0.05, 0) is 48.7 Å². The minimum Gasteiger partial charge on any atom is -0.497 e. The Morgan fingerprint density at radius 2 is 1.78 bits per heavy atom. The molecule has 0 spiro atoms. The van der Waals surface area contributed by atoms with Crippen LogP contribution < -0.4 is 10.1 Å². The second kappa shape index (κ2) is 13.6. The molecule has 174 valence electrons. The second-order valence-electron chi connectivity index (χ2n) is 7.43. The van der Waals surface area contributed by atoms with Crippen LogP contribution in [0, 0.1) is 0 Å². The number of halogens is 2. The molecule has 2 amide bonds. The lowest BCUT2D eigenvalue weighted by Gasteiger charge is -2.29. The summed E-state index contributed by atoms with van der Waals surface area (Å²) in [4.78, 5) is 27.4. The van der Waals surface area contributed by atoms with Gasteiger partial charge in [0.2, 0.25) is 11.8 Å². The van der Waals surface area contributed by atoms with Gasteiger partial charge >= 0.3 is 0 Å². The van der Waals surface area contributed by atoms with E-state index in [2.05, 4.69) is 12.2 Å². The van der Waals surface area contributed by atoms with E-state index in [1.807, 2.05) is 30.3 Å². The summed E-state index contributed by atoms with van der Waals surface area (Å²) in [5, 5.41) is 3.93. The molecule has 0 saturated carbocycles. The highest BCUT2D eigenvalue weighted by atomic mass is 35.5. The average molecular weight is 497 g/mol. The fourth-order valence-corrected chi connectivity index (χ4v) is 4.19. The molecule has 1 unspecified atom stereocenters. The van der Waals surface area contributed by atoms with E-state index in [0.717, 1.165) is 29.7 Å². The molecule has 1 atom stereocenters. The van der Waals surface area contributed by atoms with Gasteiger partial charge in [0.1, 0.15) is 11.8 Å². The largest absolute Gasteiger partial charge is 0.497 e. The zero-order valence-corrected chi connectivity index (χ0v) is 21.0. The first kappa shape index (κ1) is 26.4. The molecule has 0 aliphatic heterocycles. The van der Waals surface area contributed by atoms with Crippen LogP contribution in [0.2, 0.25) is 10.0 Å². The van der Waals surface area contributed by atoms with Crippen molar-refractivity contribution in [2.24, 2.45) is 0 Å². The van der Waals surface area contributed by atoms with Crippen LogP contribution in [-0.2, 0) is 21.9 Å². The summed E-state index contributed by atoms with van der Waals surface area (Å²) in [6.07, 6.45) is 1.90. The molecule has 8 heteroatoms. The molecule has 2 aromatic rings. The quantitative estimate of drug-likeness (QED) is 0.390. The number of nitrogens with zero attached hydrogens (tertiary/aromatic N) is 1. The Hall–Kier alpha value is -1.89. The number of rotatable bonds is 12. The number of carbonyl (C=O) groups excluding carboxylic acids is 2. The smallest absolute Gasteiger partial charge is 0.242 e. The lowest BCUT2D eigenvalue weighted by Crippen LogP contribution is -2.48. The van der Waals surface area contributed by atoms with E-state index in [4.69, 9.17) is 27.9 Å². The average Bonchev–Trinajstić information content (AvgIpc) is 2.79. The Bertz CT molecular complexity index is 893. The maximum Gasteiger partial charge on any atom is 0.242 e. The summed E-state index contributed by atoms with van der Waals surface area (Å²) >= 11 is 13.5. The lowest BCUT2D eigenvalue weighted by molar-refractivity contribution is -0.138. The van der Waals surface area contributed by atoms with Gasteiger partial charge in [0.05, 0.1) is 22.9 Å². The van der Waals surface area contributed by atoms with Crippen molar-refractivity contribution in [3.05, 3.63) is 63.6 Å². The van der Waals surface area contributed by atoms with Crippen molar-refractivity contribution in [2.75, 3.05) is 19.4 Å². The van der Waals surface area contributed by atoms with Crippen molar-refractivity contribution >= 4 is 46.8 Å². The van der Waals surface area contributed by atoms with Crippen LogP contribution >= 0.6 is 35.0 Å². The van der Waals surface area contributed by atoms with Crippen LogP contribution in [0.4, 0.5) is 0 Å². The predicted octanol–water partition coefficient (Wildman–Crippen LogP) is 5.57. The summed E-state index contributed by atoms with van der Waals surface area (Å²) in [5.41, 5.74) is 1.92. The number of ether oxygens (including phenoxy) is 1. The van der Waals surface area contributed by atoms with Crippen molar-refractivity contribution in [2.45, 2.75) is 45.0 Å². The van der Waals surface area contributed by atoms with Gasteiger partial charge in [-0.3, -0.25) is 9.59 Å². The minimum absolute atomic E-state index is 0.0935. The molecule has 5 nitrogen and oxygen atoms in total. The maximum absolute atomic E-state index is 13.1. The summed E-state index contributed by atoms with van der Waals surface area (Å²) < 4.78 is 5.21. The van der Waals surface area contributed by atoms with Gasteiger partial charge in [0, 0.05) is 18.8 Å². The standard InChI is InChI=1S/C24H30Cl2N2O3S/c1-4-5-12-27-24(30)17(2)28(14-18-6-9-20(31-3)10-7-18)23(29)16-32-15-19-8-11-21(25)22(26)13-19/h6-11,13,17H,4-5,12,14-16H2,1-3H3,(H,27,30). The molecule has 32 heavy (non-hydrogen) atoms. The van der Waals surface area contributed by atoms with Gasteiger partial charge in [-0.15, -0.1) is 11.8 Å². The first-order valence-electron chi connectivity index (χ1n) is 10.6. The Kier molecular flexibility index (Phi) is 11.2.